The summed E-state index contributed by atoms with van der Waals surface area (Å²) in [6.07, 6.45) is 0. The molecule has 2 aromatic carbocycles. The smallest absolute Gasteiger partial charge is 0.344 e. The summed E-state index contributed by atoms with van der Waals surface area (Å²) in [6.45, 7) is 3.73. The Bertz CT molecular complexity index is 1450. The normalized spacial score (nSPS) is 20.2. The number of hydrogen-bond acceptors (Lipinski definition) is 9. The number of esters is 1. The number of aromatic nitrogens is 1. The molecule has 0 radical (unpaired) electrons. The Balaban J connectivity index is 1.55. The van der Waals surface area contributed by atoms with E-state index in [9.17, 15) is 23.6 Å². The van der Waals surface area contributed by atoms with Crippen LogP contribution in [0.3, 0.4) is 0 Å². The summed E-state index contributed by atoms with van der Waals surface area (Å²) in [5.74, 6) is -2.64. The Morgan fingerprint density at radius 3 is 2.47 bits per heavy atom. The minimum absolute atomic E-state index is 0.227. The SMILES string of the molecule is CCOC(=O)COc1ccc([C@@H]2c3sc(=O)[nH]c3S[C@H]3C(=O)N(c4ccc(F)cc4)C(=O)[C@@H]23)cc1OCC. The first-order valence-electron chi connectivity index (χ1n) is 11.9. The predicted octanol–water partition coefficient (Wildman–Crippen LogP) is 3.71. The van der Waals surface area contributed by atoms with Gasteiger partial charge >= 0.3 is 10.8 Å². The molecule has 38 heavy (non-hydrogen) atoms. The van der Waals surface area contributed by atoms with Gasteiger partial charge in [0.1, 0.15) is 11.1 Å². The van der Waals surface area contributed by atoms with E-state index in [1.54, 1.807) is 32.0 Å². The van der Waals surface area contributed by atoms with Crippen molar-refractivity contribution in [3.63, 3.8) is 0 Å². The standard InChI is InChI=1S/C26H23FN2O7S2/c1-3-34-17-11-13(5-10-16(17)36-12-18(30)35-4-2)19-20-22(37-23-21(19)38-26(33)28-23)25(32)29(24(20)31)15-8-6-14(27)7-9-15/h5-11,19-20,22H,3-4,12H2,1-2H3,(H,28,33)/t19-,20-,22+/m0/s1. The fourth-order valence-electron chi connectivity index (χ4n) is 4.67. The molecule has 198 valence electrons. The van der Waals surface area contributed by atoms with E-state index >= 15 is 0 Å². The average Bonchev–Trinajstić information content (AvgIpc) is 3.38. The van der Waals surface area contributed by atoms with Crippen molar-refractivity contribution in [1.82, 2.24) is 4.98 Å². The van der Waals surface area contributed by atoms with Crippen molar-refractivity contribution >= 4 is 46.6 Å². The zero-order chi connectivity index (χ0) is 27.0. The lowest BCUT2D eigenvalue weighted by Gasteiger charge is -2.30. The third-order valence-electron chi connectivity index (χ3n) is 6.19. The van der Waals surface area contributed by atoms with Crippen LogP contribution in [0.2, 0.25) is 0 Å². The van der Waals surface area contributed by atoms with Crippen LogP contribution in [0.1, 0.15) is 30.2 Å². The monoisotopic (exact) mass is 558 g/mol. The number of ether oxygens (including phenoxy) is 3. The molecular weight excluding hydrogens is 535 g/mol. The van der Waals surface area contributed by atoms with Crippen LogP contribution in [-0.4, -0.2) is 47.8 Å². The largest absolute Gasteiger partial charge is 0.490 e. The number of amides is 2. The molecule has 3 aromatic rings. The fraction of sp³-hybridized carbons (Fsp3) is 0.308. The molecular formula is C26H23FN2O7S2. The van der Waals surface area contributed by atoms with Crippen molar-refractivity contribution in [2.75, 3.05) is 24.7 Å². The van der Waals surface area contributed by atoms with Gasteiger partial charge in [-0.3, -0.25) is 14.4 Å². The number of benzene rings is 2. The lowest BCUT2D eigenvalue weighted by Crippen LogP contribution is -2.32. The van der Waals surface area contributed by atoms with Crippen LogP contribution in [0.4, 0.5) is 10.1 Å². The highest BCUT2D eigenvalue weighted by atomic mass is 32.2. The number of fused-ring (bicyclic) bond motifs is 2. The first-order valence-corrected chi connectivity index (χ1v) is 13.6. The van der Waals surface area contributed by atoms with E-state index < -0.39 is 40.7 Å². The number of hydrogen-bond donors (Lipinski definition) is 1. The number of aromatic amines is 1. The number of imide groups is 1. The van der Waals surface area contributed by atoms with E-state index in [0.717, 1.165) is 28.0 Å². The third kappa shape index (κ3) is 4.69. The first kappa shape index (κ1) is 26.0. The molecule has 1 fully saturated rings. The Morgan fingerprint density at radius 1 is 1.00 bits per heavy atom. The maximum Gasteiger partial charge on any atom is 0.344 e. The van der Waals surface area contributed by atoms with Gasteiger partial charge in [0.25, 0.3) is 0 Å². The summed E-state index contributed by atoms with van der Waals surface area (Å²) in [5.41, 5.74) is 0.926. The summed E-state index contributed by atoms with van der Waals surface area (Å²) in [6, 6.07) is 10.2. The van der Waals surface area contributed by atoms with Gasteiger partial charge in [0.2, 0.25) is 11.8 Å². The maximum absolute atomic E-state index is 13.8. The van der Waals surface area contributed by atoms with Gasteiger partial charge in [0.05, 0.1) is 29.8 Å². The van der Waals surface area contributed by atoms with E-state index in [4.69, 9.17) is 14.2 Å². The molecule has 0 spiro atoms. The molecule has 2 aliphatic rings. The number of halogens is 1. The first-order chi connectivity index (χ1) is 18.3. The summed E-state index contributed by atoms with van der Waals surface area (Å²) in [7, 11) is 0. The molecule has 12 heteroatoms. The number of rotatable bonds is 8. The van der Waals surface area contributed by atoms with Crippen molar-refractivity contribution in [1.29, 1.82) is 0 Å². The number of nitrogens with zero attached hydrogens (tertiary/aromatic N) is 1. The second kappa shape index (κ2) is 10.6. The van der Waals surface area contributed by atoms with Gasteiger partial charge in [-0.25, -0.2) is 14.1 Å². The van der Waals surface area contributed by atoms with E-state index in [0.29, 0.717) is 33.6 Å². The number of anilines is 1. The Hall–Kier alpha value is -3.64. The van der Waals surface area contributed by atoms with Gasteiger partial charge in [0, 0.05) is 10.8 Å². The predicted molar refractivity (Wildman–Crippen MR) is 139 cm³/mol. The molecule has 0 saturated carbocycles. The molecule has 0 aliphatic carbocycles. The molecule has 2 amide bonds. The van der Waals surface area contributed by atoms with Crippen LogP contribution in [0.15, 0.2) is 52.3 Å². The topological polar surface area (TPSA) is 115 Å². The number of thiazole rings is 1. The van der Waals surface area contributed by atoms with E-state index in [1.807, 2.05) is 0 Å². The van der Waals surface area contributed by atoms with Crippen molar-refractivity contribution in [3.8, 4) is 11.5 Å². The van der Waals surface area contributed by atoms with Gasteiger partial charge in [-0.05, 0) is 55.8 Å². The lowest BCUT2D eigenvalue weighted by molar-refractivity contribution is -0.145. The zero-order valence-corrected chi connectivity index (χ0v) is 22.0. The highest BCUT2D eigenvalue weighted by molar-refractivity contribution is 8.00. The molecule has 9 nitrogen and oxygen atoms in total. The van der Waals surface area contributed by atoms with Crippen molar-refractivity contribution < 1.29 is 33.0 Å². The molecule has 3 atom stereocenters. The quantitative estimate of drug-likeness (QED) is 0.329. The minimum atomic E-state index is -0.808. The van der Waals surface area contributed by atoms with Crippen LogP contribution in [-0.2, 0) is 19.1 Å². The fourth-order valence-corrected chi connectivity index (χ4v) is 7.18. The molecule has 0 bridgehead atoms. The third-order valence-corrected chi connectivity index (χ3v) is 8.59. The van der Waals surface area contributed by atoms with E-state index in [2.05, 4.69) is 4.98 Å². The van der Waals surface area contributed by atoms with Crippen LogP contribution in [0.25, 0.3) is 0 Å². The highest BCUT2D eigenvalue weighted by Crippen LogP contribution is 2.53. The summed E-state index contributed by atoms with van der Waals surface area (Å²) < 4.78 is 29.8. The van der Waals surface area contributed by atoms with Gasteiger partial charge in [-0.2, -0.15) is 0 Å². The average molecular weight is 559 g/mol. The minimum Gasteiger partial charge on any atom is -0.490 e. The molecule has 1 N–H and O–H groups in total. The lowest BCUT2D eigenvalue weighted by atomic mass is 9.83. The van der Waals surface area contributed by atoms with Crippen molar-refractivity contribution in [2.24, 2.45) is 5.92 Å². The molecule has 1 saturated heterocycles. The maximum atomic E-state index is 13.8. The Kier molecular flexibility index (Phi) is 7.26. The molecule has 0 unspecified atom stereocenters. The van der Waals surface area contributed by atoms with Gasteiger partial charge in [0.15, 0.2) is 18.1 Å². The Labute approximate surface area is 224 Å². The second-order valence-electron chi connectivity index (χ2n) is 8.47. The highest BCUT2D eigenvalue weighted by Gasteiger charge is 2.56. The zero-order valence-electron chi connectivity index (χ0n) is 20.4. The molecule has 3 heterocycles. The molecule has 5 rings (SSSR count). The van der Waals surface area contributed by atoms with Gasteiger partial charge < -0.3 is 19.2 Å². The summed E-state index contributed by atoms with van der Waals surface area (Å²) in [5, 5.41) is -0.250. The van der Waals surface area contributed by atoms with Gasteiger partial charge in [-0.1, -0.05) is 29.2 Å². The summed E-state index contributed by atoms with van der Waals surface area (Å²) in [4.78, 5) is 55.5. The van der Waals surface area contributed by atoms with E-state index in [-0.39, 0.29) is 23.8 Å². The second-order valence-corrected chi connectivity index (χ2v) is 10.6. The van der Waals surface area contributed by atoms with Crippen LogP contribution in [0.5, 0.6) is 11.5 Å². The van der Waals surface area contributed by atoms with Gasteiger partial charge in [-0.15, -0.1) is 0 Å². The van der Waals surface area contributed by atoms with Crippen LogP contribution < -0.4 is 19.2 Å². The number of carbonyl (C=O) groups is 3. The van der Waals surface area contributed by atoms with Crippen LogP contribution >= 0.6 is 23.1 Å². The number of thioether (sulfide) groups is 1. The Morgan fingerprint density at radius 2 is 1.76 bits per heavy atom. The van der Waals surface area contributed by atoms with Crippen molar-refractivity contribution in [3.05, 3.63) is 68.4 Å². The summed E-state index contributed by atoms with van der Waals surface area (Å²) >= 11 is 2.15. The number of carbonyl (C=O) groups excluding carboxylic acids is 3. The van der Waals surface area contributed by atoms with E-state index in [1.165, 1.54) is 24.3 Å². The molecule has 2 aliphatic heterocycles. The number of nitrogens with one attached hydrogen (secondary N) is 1. The van der Waals surface area contributed by atoms with Crippen LogP contribution in [0, 0.1) is 11.7 Å². The number of H-pyrrole nitrogens is 1. The molecule has 1 aromatic heterocycles. The van der Waals surface area contributed by atoms with Crippen molar-refractivity contribution in [2.45, 2.75) is 30.0 Å².